The number of nitrogens with one attached hydrogen (secondary N) is 3. The molecule has 0 bridgehead atoms. The number of hydrogen-bond donors (Lipinski definition) is 3. The van der Waals surface area contributed by atoms with Crippen LogP contribution in [-0.4, -0.2) is 24.6 Å². The molecule has 0 saturated heterocycles. The third-order valence-electron chi connectivity index (χ3n) is 3.43. The molecule has 0 amide bonds. The maximum absolute atomic E-state index is 3.45. The fourth-order valence-electron chi connectivity index (χ4n) is 2.35. The van der Waals surface area contributed by atoms with Gasteiger partial charge < -0.3 is 15.6 Å². The molecule has 3 N–H and O–H groups in total. The second kappa shape index (κ2) is 5.21. The summed E-state index contributed by atoms with van der Waals surface area (Å²) in [6.07, 6.45) is 7.31. The van der Waals surface area contributed by atoms with Crippen LogP contribution in [-0.2, 0) is 0 Å². The minimum atomic E-state index is 0.756. The van der Waals surface area contributed by atoms with E-state index >= 15 is 0 Å². The molecule has 84 valence electrons. The third kappa shape index (κ3) is 2.99. The van der Waals surface area contributed by atoms with Gasteiger partial charge in [-0.2, -0.15) is 0 Å². The van der Waals surface area contributed by atoms with Gasteiger partial charge in [0.1, 0.15) is 5.82 Å². The molecule has 15 heavy (non-hydrogen) atoms. The smallest absolute Gasteiger partial charge is 0.103 e. The van der Waals surface area contributed by atoms with Crippen molar-refractivity contribution in [1.82, 2.24) is 10.3 Å². The molecule has 1 heterocycles. The standard InChI is InChI=1S/C12H21N3/c1-13-11-6-4-10(5-7-11)9-15-12-3-2-8-14-12/h2-3,8,10-11,13-15H,4-7,9H2,1H3. The predicted octanol–water partition coefficient (Wildman–Crippen LogP) is 2.20. The topological polar surface area (TPSA) is 39.8 Å². The van der Waals surface area contributed by atoms with E-state index in [9.17, 15) is 0 Å². The van der Waals surface area contributed by atoms with E-state index in [-0.39, 0.29) is 0 Å². The first kappa shape index (κ1) is 10.6. The van der Waals surface area contributed by atoms with Gasteiger partial charge in [-0.05, 0) is 50.8 Å². The van der Waals surface area contributed by atoms with Gasteiger partial charge in [0.15, 0.2) is 0 Å². The van der Waals surface area contributed by atoms with Crippen molar-refractivity contribution in [3.05, 3.63) is 18.3 Å². The van der Waals surface area contributed by atoms with Crippen LogP contribution in [0.15, 0.2) is 18.3 Å². The number of aromatic amines is 1. The molecule has 1 aromatic rings. The second-order valence-electron chi connectivity index (χ2n) is 4.47. The van der Waals surface area contributed by atoms with Gasteiger partial charge in [-0.1, -0.05) is 0 Å². The molecule has 2 rings (SSSR count). The van der Waals surface area contributed by atoms with Crippen molar-refractivity contribution in [2.75, 3.05) is 18.9 Å². The molecule has 0 aliphatic heterocycles. The Bertz CT molecular complexity index is 260. The van der Waals surface area contributed by atoms with Crippen molar-refractivity contribution >= 4 is 5.82 Å². The highest BCUT2D eigenvalue weighted by atomic mass is 15.0. The summed E-state index contributed by atoms with van der Waals surface area (Å²) in [5.41, 5.74) is 0. The normalized spacial score (nSPS) is 26.5. The molecule has 3 nitrogen and oxygen atoms in total. The summed E-state index contributed by atoms with van der Waals surface area (Å²) in [6.45, 7) is 1.11. The van der Waals surface area contributed by atoms with Crippen LogP contribution in [0, 0.1) is 5.92 Å². The summed E-state index contributed by atoms with van der Waals surface area (Å²) in [6, 6.07) is 4.87. The van der Waals surface area contributed by atoms with E-state index in [1.54, 1.807) is 0 Å². The van der Waals surface area contributed by atoms with Crippen molar-refractivity contribution in [2.45, 2.75) is 31.7 Å². The van der Waals surface area contributed by atoms with Crippen molar-refractivity contribution < 1.29 is 0 Å². The van der Waals surface area contributed by atoms with E-state index in [0.29, 0.717) is 0 Å². The maximum atomic E-state index is 3.45. The third-order valence-corrected chi connectivity index (χ3v) is 3.43. The molecule has 1 fully saturated rings. The number of rotatable bonds is 4. The molecule has 0 unspecified atom stereocenters. The van der Waals surface area contributed by atoms with Gasteiger partial charge in [-0.3, -0.25) is 0 Å². The summed E-state index contributed by atoms with van der Waals surface area (Å²) in [5, 5.41) is 6.82. The van der Waals surface area contributed by atoms with Crippen LogP contribution in [0.1, 0.15) is 25.7 Å². The van der Waals surface area contributed by atoms with Gasteiger partial charge in [0.05, 0.1) is 0 Å². The zero-order valence-corrected chi connectivity index (χ0v) is 9.42. The summed E-state index contributed by atoms with van der Waals surface area (Å²) in [7, 11) is 2.07. The van der Waals surface area contributed by atoms with E-state index in [2.05, 4.69) is 28.7 Å². The molecule has 1 aromatic heterocycles. The van der Waals surface area contributed by atoms with Gasteiger partial charge in [0.25, 0.3) is 0 Å². The Balaban J connectivity index is 1.69. The Morgan fingerprint density at radius 3 is 2.73 bits per heavy atom. The lowest BCUT2D eigenvalue weighted by atomic mass is 9.86. The zero-order chi connectivity index (χ0) is 10.5. The lowest BCUT2D eigenvalue weighted by Crippen LogP contribution is -2.32. The summed E-state index contributed by atoms with van der Waals surface area (Å²) in [5.74, 6) is 1.99. The molecule has 1 aliphatic rings. The first-order chi connectivity index (χ1) is 7.38. The monoisotopic (exact) mass is 207 g/mol. The average Bonchev–Trinajstić information content (AvgIpc) is 2.80. The van der Waals surface area contributed by atoms with Crippen LogP contribution in [0.2, 0.25) is 0 Å². The number of hydrogen-bond acceptors (Lipinski definition) is 2. The second-order valence-corrected chi connectivity index (χ2v) is 4.47. The highest BCUT2D eigenvalue weighted by Crippen LogP contribution is 2.24. The minimum Gasteiger partial charge on any atom is -0.371 e. The largest absolute Gasteiger partial charge is 0.371 e. The fraction of sp³-hybridized carbons (Fsp3) is 0.667. The van der Waals surface area contributed by atoms with E-state index in [0.717, 1.165) is 24.3 Å². The zero-order valence-electron chi connectivity index (χ0n) is 9.42. The Kier molecular flexibility index (Phi) is 3.67. The van der Waals surface area contributed by atoms with E-state index in [4.69, 9.17) is 0 Å². The van der Waals surface area contributed by atoms with Crippen LogP contribution in [0.4, 0.5) is 5.82 Å². The molecule has 0 radical (unpaired) electrons. The van der Waals surface area contributed by atoms with Gasteiger partial charge in [-0.25, -0.2) is 0 Å². The number of aromatic nitrogens is 1. The number of anilines is 1. The molecule has 0 aromatic carbocycles. The highest BCUT2D eigenvalue weighted by Gasteiger charge is 2.19. The summed E-state index contributed by atoms with van der Waals surface area (Å²) < 4.78 is 0. The molecule has 0 spiro atoms. The maximum Gasteiger partial charge on any atom is 0.103 e. The first-order valence-electron chi connectivity index (χ1n) is 5.93. The Hall–Kier alpha value is -0.960. The van der Waals surface area contributed by atoms with Crippen LogP contribution >= 0.6 is 0 Å². The minimum absolute atomic E-state index is 0.756. The quantitative estimate of drug-likeness (QED) is 0.708. The number of H-pyrrole nitrogens is 1. The summed E-state index contributed by atoms with van der Waals surface area (Å²) >= 11 is 0. The van der Waals surface area contributed by atoms with E-state index < -0.39 is 0 Å². The van der Waals surface area contributed by atoms with E-state index in [1.165, 1.54) is 25.7 Å². The Morgan fingerprint density at radius 2 is 2.13 bits per heavy atom. The highest BCUT2D eigenvalue weighted by molar-refractivity contribution is 5.34. The molecular weight excluding hydrogens is 186 g/mol. The SMILES string of the molecule is CNC1CCC(CNc2ccc[nH]2)CC1. The van der Waals surface area contributed by atoms with Crippen molar-refractivity contribution in [2.24, 2.45) is 5.92 Å². The Morgan fingerprint density at radius 1 is 1.33 bits per heavy atom. The first-order valence-corrected chi connectivity index (χ1v) is 5.93. The lowest BCUT2D eigenvalue weighted by molar-refractivity contribution is 0.312. The van der Waals surface area contributed by atoms with Crippen LogP contribution in [0.3, 0.4) is 0 Å². The van der Waals surface area contributed by atoms with Gasteiger partial charge in [0, 0.05) is 18.8 Å². The van der Waals surface area contributed by atoms with Crippen molar-refractivity contribution in [3.8, 4) is 0 Å². The summed E-state index contributed by atoms with van der Waals surface area (Å²) in [4.78, 5) is 3.17. The lowest BCUT2D eigenvalue weighted by Gasteiger charge is -2.28. The predicted molar refractivity (Wildman–Crippen MR) is 64.1 cm³/mol. The molecule has 1 aliphatic carbocycles. The van der Waals surface area contributed by atoms with Gasteiger partial charge in [0.2, 0.25) is 0 Å². The van der Waals surface area contributed by atoms with Gasteiger partial charge >= 0.3 is 0 Å². The van der Waals surface area contributed by atoms with Gasteiger partial charge in [-0.15, -0.1) is 0 Å². The molecule has 0 atom stereocenters. The van der Waals surface area contributed by atoms with Crippen molar-refractivity contribution in [1.29, 1.82) is 0 Å². The molecule has 3 heteroatoms. The molecular formula is C12H21N3. The fourth-order valence-corrected chi connectivity index (χ4v) is 2.35. The molecule has 1 saturated carbocycles. The van der Waals surface area contributed by atoms with Crippen LogP contribution in [0.25, 0.3) is 0 Å². The Labute approximate surface area is 91.7 Å². The average molecular weight is 207 g/mol. The van der Waals surface area contributed by atoms with Crippen LogP contribution < -0.4 is 10.6 Å². The van der Waals surface area contributed by atoms with Crippen LogP contribution in [0.5, 0.6) is 0 Å². The van der Waals surface area contributed by atoms with E-state index in [1.807, 2.05) is 12.3 Å². The van der Waals surface area contributed by atoms with Crippen molar-refractivity contribution in [3.63, 3.8) is 0 Å².